The molecule has 0 aliphatic rings. The number of nitrogens with two attached hydrogens (primary N) is 2. The molecule has 0 saturated carbocycles. The summed E-state index contributed by atoms with van der Waals surface area (Å²) in [5, 5.41) is 2.43. The minimum absolute atomic E-state index is 0.0372. The number of amides is 4. The Bertz CT molecular complexity index is 1280. The van der Waals surface area contributed by atoms with Crippen LogP contribution >= 0.6 is 0 Å². The van der Waals surface area contributed by atoms with Crippen molar-refractivity contribution in [2.75, 3.05) is 6.54 Å². The molecule has 12 heteroatoms. The van der Waals surface area contributed by atoms with E-state index in [9.17, 15) is 19.2 Å². The first-order chi connectivity index (χ1) is 20.3. The van der Waals surface area contributed by atoms with Gasteiger partial charge in [-0.25, -0.2) is 14.4 Å². The van der Waals surface area contributed by atoms with Crippen LogP contribution in [0.5, 0.6) is 0 Å². The molecule has 0 aliphatic carbocycles. The van der Waals surface area contributed by atoms with E-state index in [1.165, 1.54) is 0 Å². The summed E-state index contributed by atoms with van der Waals surface area (Å²) in [6.07, 6.45) is -3.29. The van der Waals surface area contributed by atoms with Crippen LogP contribution in [0, 0.1) is 0 Å². The van der Waals surface area contributed by atoms with Gasteiger partial charge in [-0.05, 0) is 29.5 Å². The second kappa shape index (κ2) is 16.7. The summed E-state index contributed by atoms with van der Waals surface area (Å²) in [6, 6.07) is 24.9. The average Bonchev–Trinajstić information content (AvgIpc) is 3.01. The number of hydrogen-bond acceptors (Lipinski definition) is 8. The van der Waals surface area contributed by atoms with Crippen LogP contribution in [0.15, 0.2) is 96.0 Å². The summed E-state index contributed by atoms with van der Waals surface area (Å²) in [7, 11) is 0. The van der Waals surface area contributed by atoms with Gasteiger partial charge in [-0.1, -0.05) is 91.0 Å². The number of ether oxygens (including phenoxy) is 3. The first kappa shape index (κ1) is 31.1. The van der Waals surface area contributed by atoms with E-state index in [2.05, 4.69) is 10.3 Å². The number of nitrogens with one attached hydrogen (secondary N) is 1. The van der Waals surface area contributed by atoms with Crippen LogP contribution < -0.4 is 16.8 Å². The van der Waals surface area contributed by atoms with E-state index < -0.39 is 30.2 Å². The lowest BCUT2D eigenvalue weighted by Crippen LogP contribution is -2.53. The maximum atomic E-state index is 13.7. The molecule has 0 heterocycles. The lowest BCUT2D eigenvalue weighted by molar-refractivity contribution is -0.130. The van der Waals surface area contributed by atoms with Gasteiger partial charge in [0.1, 0.15) is 25.9 Å². The zero-order valence-corrected chi connectivity index (χ0v) is 22.9. The molecule has 3 aromatic rings. The van der Waals surface area contributed by atoms with Crippen LogP contribution in [0.3, 0.4) is 0 Å². The predicted molar refractivity (Wildman–Crippen MR) is 154 cm³/mol. The van der Waals surface area contributed by atoms with Crippen LogP contribution in [0.1, 0.15) is 29.5 Å². The number of nitrogens with zero attached hydrogens (tertiary/aromatic N) is 2. The number of rotatable bonds is 12. The Morgan fingerprint density at radius 1 is 0.690 bits per heavy atom. The van der Waals surface area contributed by atoms with E-state index in [4.69, 9.17) is 25.7 Å². The van der Waals surface area contributed by atoms with E-state index >= 15 is 0 Å². The first-order valence-corrected chi connectivity index (χ1v) is 13.1. The third-order valence-corrected chi connectivity index (χ3v) is 5.74. The molecule has 3 rings (SSSR count). The number of carbonyl (C=O) groups excluding carboxylic acids is 4. The number of guanidine groups is 1. The smallest absolute Gasteiger partial charge is 0.426 e. The normalized spacial score (nSPS) is 11.0. The Hall–Kier alpha value is -5.39. The minimum atomic E-state index is -1.38. The first-order valence-electron chi connectivity index (χ1n) is 13.1. The molecule has 0 aliphatic heterocycles. The molecule has 0 fully saturated rings. The van der Waals surface area contributed by atoms with Gasteiger partial charge >= 0.3 is 18.3 Å². The maximum absolute atomic E-state index is 13.7. The van der Waals surface area contributed by atoms with Crippen molar-refractivity contribution in [3.8, 4) is 0 Å². The topological polar surface area (TPSA) is 176 Å². The summed E-state index contributed by atoms with van der Waals surface area (Å²) in [4.78, 5) is 56.6. The third-order valence-electron chi connectivity index (χ3n) is 5.74. The fourth-order valence-corrected chi connectivity index (χ4v) is 3.65. The lowest BCUT2D eigenvalue weighted by Gasteiger charge is -2.24. The van der Waals surface area contributed by atoms with Crippen molar-refractivity contribution in [1.29, 1.82) is 0 Å². The molecule has 0 bridgehead atoms. The van der Waals surface area contributed by atoms with E-state index in [1.54, 1.807) is 84.9 Å². The zero-order valence-electron chi connectivity index (χ0n) is 22.9. The number of aliphatic imine (C=N–C) groups is 1. The number of carbonyl (C=O) groups is 4. The van der Waals surface area contributed by atoms with Gasteiger partial charge in [-0.3, -0.25) is 9.79 Å². The Balaban J connectivity index is 1.77. The standard InChI is InChI=1S/C30H33N5O7/c31-27(32)33-18-10-17-25(34-28(37)40-19-22-11-4-1-5-12-22)26(36)35(29(38)41-20-23-13-6-2-7-14-23)30(39)42-21-24-15-8-3-9-16-24/h1-9,11-16,25H,10,17-21H2,(H,34,37)(H4,31,32,33)/t25-/m0/s1. The van der Waals surface area contributed by atoms with Gasteiger partial charge in [0.05, 0.1) is 0 Å². The molecular formula is C30H33N5O7. The molecule has 220 valence electrons. The SMILES string of the molecule is NC(N)=NCCC[C@H](NC(=O)OCc1ccccc1)C(=O)N(C(=O)OCc1ccccc1)C(=O)OCc1ccccc1. The molecule has 5 N–H and O–H groups in total. The monoisotopic (exact) mass is 575 g/mol. The van der Waals surface area contributed by atoms with Crippen LogP contribution in [0.25, 0.3) is 0 Å². The third kappa shape index (κ3) is 10.6. The minimum Gasteiger partial charge on any atom is -0.445 e. The molecular weight excluding hydrogens is 542 g/mol. The number of benzene rings is 3. The molecule has 0 unspecified atom stereocenters. The highest BCUT2D eigenvalue weighted by Gasteiger charge is 2.37. The fourth-order valence-electron chi connectivity index (χ4n) is 3.65. The van der Waals surface area contributed by atoms with Crippen LogP contribution in [0.4, 0.5) is 14.4 Å². The summed E-state index contributed by atoms with van der Waals surface area (Å²) in [6.45, 7) is -0.360. The van der Waals surface area contributed by atoms with Gasteiger partial charge in [0, 0.05) is 6.54 Å². The molecule has 12 nitrogen and oxygen atoms in total. The quantitative estimate of drug-likeness (QED) is 0.125. The van der Waals surface area contributed by atoms with Gasteiger partial charge in [0.25, 0.3) is 5.91 Å². The Labute approximate surface area is 243 Å². The van der Waals surface area contributed by atoms with Crippen LogP contribution in [-0.4, -0.2) is 47.6 Å². The van der Waals surface area contributed by atoms with Crippen molar-refractivity contribution in [1.82, 2.24) is 10.2 Å². The summed E-state index contributed by atoms with van der Waals surface area (Å²) in [5.41, 5.74) is 12.7. The van der Waals surface area contributed by atoms with Crippen molar-refractivity contribution in [3.63, 3.8) is 0 Å². The van der Waals surface area contributed by atoms with E-state index in [1.807, 2.05) is 6.07 Å². The highest BCUT2D eigenvalue weighted by atomic mass is 16.6. The number of alkyl carbamates (subject to hydrolysis) is 1. The van der Waals surface area contributed by atoms with Gasteiger partial charge in [0.2, 0.25) is 0 Å². The Morgan fingerprint density at radius 3 is 1.55 bits per heavy atom. The van der Waals surface area contributed by atoms with Crippen molar-refractivity contribution in [2.24, 2.45) is 16.5 Å². The lowest BCUT2D eigenvalue weighted by atomic mass is 10.1. The average molecular weight is 576 g/mol. The molecule has 1 atom stereocenters. The molecule has 0 aromatic heterocycles. The summed E-state index contributed by atoms with van der Waals surface area (Å²) >= 11 is 0. The van der Waals surface area contributed by atoms with E-state index in [0.29, 0.717) is 11.1 Å². The largest absolute Gasteiger partial charge is 0.445 e. The maximum Gasteiger partial charge on any atom is 0.426 e. The van der Waals surface area contributed by atoms with Crippen molar-refractivity contribution in [3.05, 3.63) is 108 Å². The van der Waals surface area contributed by atoms with Crippen molar-refractivity contribution < 1.29 is 33.4 Å². The molecule has 0 spiro atoms. The van der Waals surface area contributed by atoms with Crippen LogP contribution in [-0.2, 0) is 38.8 Å². The zero-order chi connectivity index (χ0) is 30.2. The second-order valence-electron chi connectivity index (χ2n) is 8.96. The predicted octanol–water partition coefficient (Wildman–Crippen LogP) is 3.84. The summed E-state index contributed by atoms with van der Waals surface area (Å²) < 4.78 is 15.8. The number of hydrogen-bond donors (Lipinski definition) is 3. The highest BCUT2D eigenvalue weighted by molar-refractivity contribution is 6.08. The van der Waals surface area contributed by atoms with E-state index in [-0.39, 0.29) is 50.1 Å². The molecule has 4 amide bonds. The van der Waals surface area contributed by atoms with Gasteiger partial charge in [-0.15, -0.1) is 4.90 Å². The van der Waals surface area contributed by atoms with E-state index in [0.717, 1.165) is 5.56 Å². The number of imide groups is 3. The molecule has 0 radical (unpaired) electrons. The molecule has 3 aromatic carbocycles. The van der Waals surface area contributed by atoms with Crippen molar-refractivity contribution in [2.45, 2.75) is 38.7 Å². The highest BCUT2D eigenvalue weighted by Crippen LogP contribution is 2.12. The van der Waals surface area contributed by atoms with Gasteiger partial charge < -0.3 is 31.0 Å². The fraction of sp³-hybridized carbons (Fsp3) is 0.233. The Morgan fingerprint density at radius 2 is 1.12 bits per heavy atom. The van der Waals surface area contributed by atoms with Gasteiger partial charge in [0.15, 0.2) is 5.96 Å². The summed E-state index contributed by atoms with van der Waals surface area (Å²) in [5.74, 6) is -1.23. The molecule has 0 saturated heterocycles. The second-order valence-corrected chi connectivity index (χ2v) is 8.96. The Kier molecular flexibility index (Phi) is 12.3. The van der Waals surface area contributed by atoms with Gasteiger partial charge in [-0.2, -0.15) is 0 Å². The van der Waals surface area contributed by atoms with Crippen LogP contribution in [0.2, 0.25) is 0 Å². The van der Waals surface area contributed by atoms with Crippen molar-refractivity contribution >= 4 is 30.1 Å². The molecule has 42 heavy (non-hydrogen) atoms.